The third kappa shape index (κ3) is 2.40. The normalized spacial score (nSPS) is 15.9. The van der Waals surface area contributed by atoms with Gasteiger partial charge < -0.3 is 0 Å². The summed E-state index contributed by atoms with van der Waals surface area (Å²) in [6.45, 7) is -2.55. The Balaban J connectivity index is 1.93. The summed E-state index contributed by atoms with van der Waals surface area (Å²) in [7, 11) is 1.85. The Morgan fingerprint density at radius 2 is 1.78 bits per heavy atom. The van der Waals surface area contributed by atoms with E-state index in [0.717, 1.165) is 47.8 Å². The molecule has 5 rings (SSSR count). The second-order valence-corrected chi connectivity index (χ2v) is 8.02. The Morgan fingerprint density at radius 1 is 0.889 bits per heavy atom. The van der Waals surface area contributed by atoms with E-state index in [9.17, 15) is 0 Å². The van der Waals surface area contributed by atoms with Gasteiger partial charge in [-0.2, -0.15) is 4.57 Å². The first kappa shape index (κ1) is 11.2. The van der Waals surface area contributed by atoms with E-state index in [1.54, 1.807) is 29.7 Å². The second kappa shape index (κ2) is 5.90. The summed E-state index contributed by atoms with van der Waals surface area (Å²) in [6.07, 6.45) is 1.70. The molecule has 0 amide bonds. The molecule has 3 aromatic carbocycles. The van der Waals surface area contributed by atoms with Crippen LogP contribution in [0.2, 0.25) is 0 Å². The topological polar surface area (TPSA) is 3.88 Å². The van der Waals surface area contributed by atoms with Crippen LogP contribution in [0.5, 0.6) is 0 Å². The lowest BCUT2D eigenvalue weighted by molar-refractivity contribution is -0.659. The lowest BCUT2D eigenvalue weighted by Crippen LogP contribution is -2.31. The number of fused-ring (bicyclic) bond motifs is 5. The SMILES string of the molecule is [2H]C([2H])([2H])c1ccc(-c2c3sc4c5ccccc5ccc4c3c(C([2H])([2H])[2H])c[n+]2C)c(C)c1. The molecule has 132 valence electrons. The minimum absolute atomic E-state index is 0.295. The van der Waals surface area contributed by atoms with Crippen molar-refractivity contribution < 1.29 is 12.8 Å². The number of rotatable bonds is 1. The first-order valence-electron chi connectivity index (χ1n) is 11.9. The third-order valence-electron chi connectivity index (χ3n) is 5.22. The zero-order valence-corrected chi connectivity index (χ0v) is 15.9. The number of aromatic nitrogens is 1. The third-order valence-corrected chi connectivity index (χ3v) is 6.47. The Kier molecular flexibility index (Phi) is 2.45. The van der Waals surface area contributed by atoms with Gasteiger partial charge in [0.15, 0.2) is 6.20 Å². The molecular formula is C25H22NS+. The molecule has 0 saturated heterocycles. The largest absolute Gasteiger partial charge is 0.230 e. The molecule has 0 saturated carbocycles. The maximum atomic E-state index is 8.20. The molecule has 0 aliphatic heterocycles. The first-order chi connectivity index (χ1) is 15.5. The summed E-state index contributed by atoms with van der Waals surface area (Å²) >= 11 is 1.59. The van der Waals surface area contributed by atoms with Crippen LogP contribution in [0.25, 0.3) is 42.2 Å². The van der Waals surface area contributed by atoms with Gasteiger partial charge in [0, 0.05) is 29.3 Å². The minimum Gasteiger partial charge on any atom is -0.200 e. The highest BCUT2D eigenvalue weighted by Gasteiger charge is 2.23. The molecule has 0 atom stereocenters. The van der Waals surface area contributed by atoms with Crippen molar-refractivity contribution in [2.45, 2.75) is 20.6 Å². The van der Waals surface area contributed by atoms with Crippen molar-refractivity contribution in [3.63, 3.8) is 0 Å². The molecule has 0 unspecified atom stereocenters. The van der Waals surface area contributed by atoms with Crippen molar-refractivity contribution in [2.75, 3.05) is 0 Å². The van der Waals surface area contributed by atoms with E-state index in [2.05, 4.69) is 12.1 Å². The molecule has 0 fully saturated rings. The molecule has 0 bridgehead atoms. The Labute approximate surface area is 171 Å². The maximum Gasteiger partial charge on any atom is 0.230 e. The summed E-state index contributed by atoms with van der Waals surface area (Å²) in [6, 6.07) is 17.3. The molecule has 0 N–H and O–H groups in total. The van der Waals surface area contributed by atoms with E-state index in [4.69, 9.17) is 8.22 Å². The first-order valence-corrected chi connectivity index (χ1v) is 9.67. The second-order valence-electron chi connectivity index (χ2n) is 7.00. The summed E-state index contributed by atoms with van der Waals surface area (Å²) < 4.78 is 51.6. The fraction of sp³-hybridized carbons (Fsp3) is 0.160. The quantitative estimate of drug-likeness (QED) is 0.290. The van der Waals surface area contributed by atoms with Crippen molar-refractivity contribution in [3.8, 4) is 11.3 Å². The van der Waals surface area contributed by atoms with Gasteiger partial charge in [-0.3, -0.25) is 0 Å². The minimum atomic E-state index is -2.27. The molecule has 2 aromatic heterocycles. The number of aryl methyl sites for hydroxylation is 4. The van der Waals surface area contributed by atoms with Gasteiger partial charge in [-0.15, -0.1) is 11.3 Å². The summed E-state index contributed by atoms with van der Waals surface area (Å²) in [4.78, 5) is 0. The fourth-order valence-corrected chi connectivity index (χ4v) is 5.44. The number of thiophene rings is 1. The van der Waals surface area contributed by atoms with Crippen LogP contribution >= 0.6 is 11.3 Å². The number of nitrogens with zero attached hydrogens (tertiary/aromatic N) is 1. The van der Waals surface area contributed by atoms with Crippen molar-refractivity contribution in [1.29, 1.82) is 0 Å². The number of benzene rings is 3. The van der Waals surface area contributed by atoms with E-state index in [1.807, 2.05) is 48.9 Å². The molecule has 0 aliphatic rings. The molecule has 1 nitrogen and oxygen atoms in total. The molecule has 0 aliphatic carbocycles. The fourth-order valence-electron chi connectivity index (χ4n) is 3.98. The molecule has 27 heavy (non-hydrogen) atoms. The van der Waals surface area contributed by atoms with Crippen LogP contribution in [0.3, 0.4) is 0 Å². The van der Waals surface area contributed by atoms with Crippen LogP contribution in [0, 0.1) is 20.6 Å². The molecule has 0 radical (unpaired) electrons. The van der Waals surface area contributed by atoms with Crippen LogP contribution in [0.1, 0.15) is 24.9 Å². The van der Waals surface area contributed by atoms with E-state index in [0.29, 0.717) is 11.1 Å². The van der Waals surface area contributed by atoms with Gasteiger partial charge in [0.1, 0.15) is 11.7 Å². The zero-order valence-electron chi connectivity index (χ0n) is 21.1. The summed E-state index contributed by atoms with van der Waals surface area (Å²) in [5.74, 6) is 0. The molecule has 2 heterocycles. The predicted molar refractivity (Wildman–Crippen MR) is 118 cm³/mol. The molecule has 2 heteroatoms. The average Bonchev–Trinajstić information content (AvgIpc) is 3.12. The lowest BCUT2D eigenvalue weighted by Gasteiger charge is -2.08. The lowest BCUT2D eigenvalue weighted by atomic mass is 9.99. The standard InChI is InChI=1S/C25H22NS/c1-15-9-11-19(16(2)13-15)23-25-22(17(3)14-26(23)4)21-12-10-18-7-5-6-8-20(18)24(21)27-25/h5-14H,1-4H3/q+1/i1D3,3D3. The Bertz CT molecular complexity index is 1560. The summed E-state index contributed by atoms with van der Waals surface area (Å²) in [5, 5.41) is 3.87. The van der Waals surface area contributed by atoms with Crippen LogP contribution in [0.15, 0.2) is 60.8 Å². The maximum absolute atomic E-state index is 8.20. The van der Waals surface area contributed by atoms with Gasteiger partial charge >= 0.3 is 0 Å². The van der Waals surface area contributed by atoms with Crippen LogP contribution in [0.4, 0.5) is 0 Å². The highest BCUT2D eigenvalue weighted by Crippen LogP contribution is 2.43. The predicted octanol–water partition coefficient (Wildman–Crippen LogP) is 6.62. The highest BCUT2D eigenvalue weighted by atomic mass is 32.1. The number of hydrogen-bond donors (Lipinski definition) is 0. The van der Waals surface area contributed by atoms with Crippen molar-refractivity contribution in [3.05, 3.63) is 77.5 Å². The average molecular weight is 375 g/mol. The van der Waals surface area contributed by atoms with Gasteiger partial charge in [-0.05, 0) is 43.0 Å². The van der Waals surface area contributed by atoms with Gasteiger partial charge in [0.05, 0.1) is 5.56 Å². The van der Waals surface area contributed by atoms with Crippen LogP contribution in [-0.2, 0) is 7.05 Å². The van der Waals surface area contributed by atoms with E-state index >= 15 is 0 Å². The summed E-state index contributed by atoms with van der Waals surface area (Å²) in [5.41, 5.74) is 3.23. The van der Waals surface area contributed by atoms with Gasteiger partial charge in [-0.1, -0.05) is 54.1 Å². The zero-order chi connectivity index (χ0) is 23.7. The highest BCUT2D eigenvalue weighted by molar-refractivity contribution is 7.27. The van der Waals surface area contributed by atoms with Gasteiger partial charge in [0.2, 0.25) is 5.69 Å². The van der Waals surface area contributed by atoms with Gasteiger partial charge in [-0.25, -0.2) is 0 Å². The van der Waals surface area contributed by atoms with Crippen molar-refractivity contribution >= 4 is 42.3 Å². The number of hydrogen-bond acceptors (Lipinski definition) is 1. The molecule has 0 spiro atoms. The smallest absolute Gasteiger partial charge is 0.200 e. The van der Waals surface area contributed by atoms with E-state index < -0.39 is 13.7 Å². The van der Waals surface area contributed by atoms with Crippen molar-refractivity contribution in [2.24, 2.45) is 7.05 Å². The molecule has 5 aromatic rings. The molecular weight excluding hydrogens is 346 g/mol. The van der Waals surface area contributed by atoms with E-state index in [-0.39, 0.29) is 0 Å². The van der Waals surface area contributed by atoms with E-state index in [1.165, 1.54) is 0 Å². The Morgan fingerprint density at radius 3 is 2.59 bits per heavy atom. The van der Waals surface area contributed by atoms with Crippen LogP contribution < -0.4 is 4.57 Å². The number of pyridine rings is 1. The van der Waals surface area contributed by atoms with Crippen LogP contribution in [-0.4, -0.2) is 0 Å². The monoisotopic (exact) mass is 374 g/mol. The Hall–Kier alpha value is -2.71. The van der Waals surface area contributed by atoms with Gasteiger partial charge in [0.25, 0.3) is 0 Å². The van der Waals surface area contributed by atoms with Crippen molar-refractivity contribution in [1.82, 2.24) is 0 Å².